The van der Waals surface area contributed by atoms with Gasteiger partial charge in [0.1, 0.15) is 5.69 Å². The number of halogens is 2. The highest BCUT2D eigenvalue weighted by Gasteiger charge is 2.16. The second-order valence-electron chi connectivity index (χ2n) is 3.54. The van der Waals surface area contributed by atoms with Gasteiger partial charge in [0.2, 0.25) is 0 Å². The van der Waals surface area contributed by atoms with Gasteiger partial charge in [0.15, 0.2) is 0 Å². The van der Waals surface area contributed by atoms with Crippen LogP contribution in [0.1, 0.15) is 29.9 Å². The summed E-state index contributed by atoms with van der Waals surface area (Å²) in [6, 6.07) is 5.92. The maximum Gasteiger partial charge on any atom is 0.355 e. The molecule has 104 valence electrons. The molecular weight excluding hydrogens is 441 g/mol. The molecule has 1 heterocycles. The summed E-state index contributed by atoms with van der Waals surface area (Å²) >= 11 is 5.65. The number of aromatic nitrogens is 1. The first kappa shape index (κ1) is 16.8. The third-order valence-corrected chi connectivity index (χ3v) is 5.07. The summed E-state index contributed by atoms with van der Waals surface area (Å²) in [6.07, 6.45) is 0. The minimum Gasteiger partial charge on any atom is -0.464 e. The van der Waals surface area contributed by atoms with Crippen molar-refractivity contribution in [1.29, 1.82) is 0 Å². The van der Waals surface area contributed by atoms with Gasteiger partial charge < -0.3 is 4.74 Å². The normalized spacial score (nSPS) is 10.0. The molecule has 1 aromatic heterocycles. The summed E-state index contributed by atoms with van der Waals surface area (Å²) < 4.78 is 7.68. The predicted octanol–water partition coefficient (Wildman–Crippen LogP) is 5.37. The SMILES string of the molecule is CC.COC(=O)c1cc2cc(C)c(Br)cc2n1SI. The highest BCUT2D eigenvalue weighted by molar-refractivity contribution is 14.2. The van der Waals surface area contributed by atoms with Crippen LogP contribution < -0.4 is 0 Å². The van der Waals surface area contributed by atoms with E-state index in [9.17, 15) is 4.79 Å². The predicted molar refractivity (Wildman–Crippen MR) is 94.1 cm³/mol. The summed E-state index contributed by atoms with van der Waals surface area (Å²) in [4.78, 5) is 11.7. The summed E-state index contributed by atoms with van der Waals surface area (Å²) in [5, 5.41) is 1.04. The Morgan fingerprint density at radius 3 is 2.53 bits per heavy atom. The number of ether oxygens (including phenoxy) is 1. The summed E-state index contributed by atoms with van der Waals surface area (Å²) in [7, 11) is 2.85. The second kappa shape index (κ2) is 7.54. The van der Waals surface area contributed by atoms with Crippen LogP contribution in [0, 0.1) is 6.92 Å². The van der Waals surface area contributed by atoms with Crippen LogP contribution in [0.15, 0.2) is 22.7 Å². The zero-order chi connectivity index (χ0) is 14.6. The molecule has 0 bridgehead atoms. The number of fused-ring (bicyclic) bond motifs is 1. The van der Waals surface area contributed by atoms with Crippen molar-refractivity contribution in [2.75, 3.05) is 7.11 Å². The molecule has 0 saturated heterocycles. The molecule has 2 rings (SSSR count). The van der Waals surface area contributed by atoms with E-state index in [-0.39, 0.29) is 5.97 Å². The standard InChI is InChI=1S/C11H9BrINO2S.C2H6/c1-6-3-7-4-10(11(15)16-2)14(17-13)9(7)5-8(6)12;1-2/h3-5H,1-2H3;1-2H3. The first-order chi connectivity index (χ1) is 9.08. The number of esters is 1. The van der Waals surface area contributed by atoms with Gasteiger partial charge >= 0.3 is 5.97 Å². The molecule has 0 N–H and O–H groups in total. The minimum atomic E-state index is -0.320. The third kappa shape index (κ3) is 3.46. The molecule has 19 heavy (non-hydrogen) atoms. The van der Waals surface area contributed by atoms with Crippen molar-refractivity contribution >= 4 is 63.1 Å². The van der Waals surface area contributed by atoms with Crippen molar-refractivity contribution in [3.63, 3.8) is 0 Å². The summed E-state index contributed by atoms with van der Waals surface area (Å²) in [5.41, 5.74) is 2.70. The zero-order valence-corrected chi connectivity index (χ0v) is 15.7. The largest absolute Gasteiger partial charge is 0.464 e. The molecule has 0 saturated carbocycles. The maximum atomic E-state index is 11.7. The number of rotatable bonds is 2. The fourth-order valence-corrected chi connectivity index (χ4v) is 3.68. The lowest BCUT2D eigenvalue weighted by Crippen LogP contribution is -2.05. The number of methoxy groups -OCH3 is 1. The van der Waals surface area contributed by atoms with Gasteiger partial charge in [-0.25, -0.2) is 4.79 Å². The van der Waals surface area contributed by atoms with E-state index in [1.165, 1.54) is 16.2 Å². The summed E-state index contributed by atoms with van der Waals surface area (Å²) in [5.74, 6) is -0.320. The van der Waals surface area contributed by atoms with Gasteiger partial charge in [0.25, 0.3) is 0 Å². The highest BCUT2D eigenvalue weighted by Crippen LogP contribution is 2.32. The van der Waals surface area contributed by atoms with E-state index >= 15 is 0 Å². The van der Waals surface area contributed by atoms with Crippen LogP contribution in [0.5, 0.6) is 0 Å². The third-order valence-electron chi connectivity index (χ3n) is 2.50. The Bertz CT molecular complexity index is 598. The fourth-order valence-electron chi connectivity index (χ4n) is 1.64. The number of hydrogen-bond acceptors (Lipinski definition) is 3. The van der Waals surface area contributed by atoms with Crippen molar-refractivity contribution in [3.8, 4) is 0 Å². The smallest absolute Gasteiger partial charge is 0.355 e. The van der Waals surface area contributed by atoms with E-state index in [1.807, 2.05) is 36.9 Å². The van der Waals surface area contributed by atoms with Crippen molar-refractivity contribution < 1.29 is 9.53 Å². The molecular formula is C13H15BrINO2S. The Kier molecular flexibility index (Phi) is 6.68. The lowest BCUT2D eigenvalue weighted by molar-refractivity contribution is 0.0594. The number of carbonyl (C=O) groups is 1. The minimum absolute atomic E-state index is 0.320. The van der Waals surface area contributed by atoms with Crippen LogP contribution in [0.4, 0.5) is 0 Å². The van der Waals surface area contributed by atoms with E-state index in [0.29, 0.717) is 5.69 Å². The van der Waals surface area contributed by atoms with Crippen LogP contribution in [0.3, 0.4) is 0 Å². The second-order valence-corrected chi connectivity index (χ2v) is 6.08. The first-order valence-corrected chi connectivity index (χ1v) is 9.88. The number of hydrogen-bond donors (Lipinski definition) is 0. The van der Waals surface area contributed by atoms with Crippen LogP contribution in [0.25, 0.3) is 10.9 Å². The first-order valence-electron chi connectivity index (χ1n) is 5.77. The molecule has 0 amide bonds. The molecule has 0 aliphatic carbocycles. The van der Waals surface area contributed by atoms with E-state index in [4.69, 9.17) is 4.74 Å². The van der Waals surface area contributed by atoms with Crippen LogP contribution in [-0.2, 0) is 4.74 Å². The average Bonchev–Trinajstić information content (AvgIpc) is 2.78. The molecule has 3 nitrogen and oxygen atoms in total. The molecule has 0 unspecified atom stereocenters. The molecule has 0 fully saturated rings. The van der Waals surface area contributed by atoms with Gasteiger partial charge in [-0.1, -0.05) is 29.8 Å². The number of aryl methyl sites for hydroxylation is 1. The van der Waals surface area contributed by atoms with Gasteiger partial charge in [-0.2, -0.15) is 0 Å². The van der Waals surface area contributed by atoms with E-state index in [2.05, 4.69) is 43.2 Å². The van der Waals surface area contributed by atoms with Crippen LogP contribution >= 0.6 is 46.3 Å². The lowest BCUT2D eigenvalue weighted by Gasteiger charge is -2.04. The molecule has 0 aliphatic rings. The number of carbonyl (C=O) groups excluding carboxylic acids is 1. The average molecular weight is 456 g/mol. The topological polar surface area (TPSA) is 31.2 Å². The zero-order valence-electron chi connectivity index (χ0n) is 11.2. The Morgan fingerprint density at radius 1 is 1.37 bits per heavy atom. The van der Waals surface area contributed by atoms with Gasteiger partial charge in [-0.05, 0) is 30.7 Å². The van der Waals surface area contributed by atoms with Crippen molar-refractivity contribution in [2.24, 2.45) is 0 Å². The highest BCUT2D eigenvalue weighted by atomic mass is 127. The fraction of sp³-hybridized carbons (Fsp3) is 0.308. The van der Waals surface area contributed by atoms with E-state index in [0.717, 1.165) is 20.9 Å². The Morgan fingerprint density at radius 2 is 2.00 bits per heavy atom. The molecule has 0 spiro atoms. The van der Waals surface area contributed by atoms with Gasteiger partial charge in [-0.3, -0.25) is 3.97 Å². The Labute approximate surface area is 137 Å². The van der Waals surface area contributed by atoms with Gasteiger partial charge in [0, 0.05) is 40.2 Å². The quantitative estimate of drug-likeness (QED) is 0.450. The van der Waals surface area contributed by atoms with Crippen molar-refractivity contribution in [3.05, 3.63) is 33.9 Å². The Balaban J connectivity index is 0.000000861. The van der Waals surface area contributed by atoms with E-state index in [1.54, 1.807) is 0 Å². The molecule has 2 aromatic rings. The van der Waals surface area contributed by atoms with Crippen molar-refractivity contribution in [1.82, 2.24) is 3.97 Å². The number of benzene rings is 1. The molecule has 0 atom stereocenters. The number of nitrogens with zero attached hydrogens (tertiary/aromatic N) is 1. The van der Waals surface area contributed by atoms with Crippen molar-refractivity contribution in [2.45, 2.75) is 20.8 Å². The maximum absolute atomic E-state index is 11.7. The monoisotopic (exact) mass is 455 g/mol. The summed E-state index contributed by atoms with van der Waals surface area (Å²) in [6.45, 7) is 6.02. The van der Waals surface area contributed by atoms with E-state index < -0.39 is 0 Å². The van der Waals surface area contributed by atoms with Crippen LogP contribution in [-0.4, -0.2) is 17.1 Å². The molecule has 0 radical (unpaired) electrons. The van der Waals surface area contributed by atoms with Gasteiger partial charge in [-0.15, -0.1) is 0 Å². The molecule has 6 heteroatoms. The van der Waals surface area contributed by atoms with Crippen LogP contribution in [0.2, 0.25) is 0 Å². The Hall–Kier alpha value is -0.210. The molecule has 1 aromatic carbocycles. The van der Waals surface area contributed by atoms with Gasteiger partial charge in [0.05, 0.1) is 12.6 Å². The molecule has 0 aliphatic heterocycles. The lowest BCUT2D eigenvalue weighted by atomic mass is 10.2.